The average molecular weight is 424 g/mol. The van der Waals surface area contributed by atoms with Crippen molar-refractivity contribution in [2.45, 2.75) is 56.3 Å². The molecule has 10 heteroatoms. The van der Waals surface area contributed by atoms with Gasteiger partial charge in [-0.25, -0.2) is 13.6 Å². The molecule has 0 spiro atoms. The van der Waals surface area contributed by atoms with Gasteiger partial charge in [0.2, 0.25) is 10.0 Å². The van der Waals surface area contributed by atoms with Crippen LogP contribution in [0.5, 0.6) is 0 Å². The average Bonchev–Trinajstić information content (AvgIpc) is 2.55. The zero-order valence-corrected chi connectivity index (χ0v) is 16.6. The van der Waals surface area contributed by atoms with Gasteiger partial charge >= 0.3 is 6.18 Å². The highest BCUT2D eigenvalue weighted by atomic mass is 32.2. The Hall–Kier alpha value is -1.39. The summed E-state index contributed by atoms with van der Waals surface area (Å²) in [6, 6.07) is 5.49. The maximum Gasteiger partial charge on any atom is 0.406 e. The molecular weight excluding hydrogens is 399 g/mol. The molecule has 1 aliphatic rings. The van der Waals surface area contributed by atoms with E-state index in [0.29, 0.717) is 11.5 Å². The number of benzene rings is 1. The Morgan fingerprint density at radius 3 is 2.37 bits per heavy atom. The molecule has 1 aromatic rings. The first kappa shape index (κ1) is 21.9. The van der Waals surface area contributed by atoms with E-state index in [-0.39, 0.29) is 22.6 Å². The van der Waals surface area contributed by atoms with Gasteiger partial charge in [-0.15, -0.1) is 0 Å². The van der Waals surface area contributed by atoms with E-state index in [1.165, 1.54) is 24.3 Å². The number of hydrogen-bond acceptors (Lipinski definition) is 3. The number of primary sulfonamides is 1. The molecule has 3 N–H and O–H groups in total. The Morgan fingerprint density at radius 2 is 1.85 bits per heavy atom. The molecule has 0 amide bonds. The molecule has 5 nitrogen and oxygen atoms in total. The minimum atomic E-state index is -4.41. The summed E-state index contributed by atoms with van der Waals surface area (Å²) in [4.78, 5) is 0.966. The van der Waals surface area contributed by atoms with Crippen molar-refractivity contribution >= 4 is 27.4 Å². The molecule has 2 rings (SSSR count). The summed E-state index contributed by atoms with van der Waals surface area (Å²) < 4.78 is 61.7. The summed E-state index contributed by atoms with van der Waals surface area (Å²) in [5, 5.41) is 8.18. The van der Waals surface area contributed by atoms with Gasteiger partial charge in [0.15, 0.2) is 5.11 Å². The molecule has 1 saturated carbocycles. The fourth-order valence-electron chi connectivity index (χ4n) is 3.20. The molecule has 0 aliphatic heterocycles. The smallest absolute Gasteiger partial charge is 0.360 e. The van der Waals surface area contributed by atoms with E-state index in [1.807, 2.05) is 0 Å². The summed E-state index contributed by atoms with van der Waals surface area (Å²) in [5.74, 6) is 0.346. The van der Waals surface area contributed by atoms with E-state index in [2.05, 4.69) is 12.2 Å². The van der Waals surface area contributed by atoms with E-state index in [9.17, 15) is 21.6 Å². The van der Waals surface area contributed by atoms with Gasteiger partial charge in [0.25, 0.3) is 0 Å². The topological polar surface area (TPSA) is 75.4 Å². The van der Waals surface area contributed by atoms with Crippen LogP contribution in [0.1, 0.15) is 38.2 Å². The van der Waals surface area contributed by atoms with Gasteiger partial charge in [-0.2, -0.15) is 13.2 Å². The molecule has 1 aliphatic carbocycles. The maximum atomic E-state index is 13.0. The van der Waals surface area contributed by atoms with Crippen molar-refractivity contribution in [3.8, 4) is 0 Å². The predicted octanol–water partition coefficient (Wildman–Crippen LogP) is 3.15. The lowest BCUT2D eigenvalue weighted by Gasteiger charge is -2.34. The van der Waals surface area contributed by atoms with Gasteiger partial charge in [0.1, 0.15) is 6.54 Å². The van der Waals surface area contributed by atoms with E-state index in [4.69, 9.17) is 17.4 Å². The summed E-state index contributed by atoms with van der Waals surface area (Å²) >= 11 is 5.26. The maximum absolute atomic E-state index is 13.0. The third-order valence-corrected chi connectivity index (χ3v) is 6.01. The SMILES string of the molecule is C[C@H]1CCCC[C@@H]1NC(=S)N(Cc1ccc(S(N)(=O)=O)cc1)CC(F)(F)F. The lowest BCUT2D eigenvalue weighted by Crippen LogP contribution is -2.49. The van der Waals surface area contributed by atoms with Crippen molar-refractivity contribution in [2.24, 2.45) is 11.1 Å². The highest BCUT2D eigenvalue weighted by molar-refractivity contribution is 7.89. The molecule has 0 aromatic heterocycles. The van der Waals surface area contributed by atoms with Crippen molar-refractivity contribution in [1.29, 1.82) is 0 Å². The highest BCUT2D eigenvalue weighted by Crippen LogP contribution is 2.25. The van der Waals surface area contributed by atoms with Crippen LogP contribution in [0.2, 0.25) is 0 Å². The molecule has 1 aromatic carbocycles. The van der Waals surface area contributed by atoms with Crippen LogP contribution in [-0.2, 0) is 16.6 Å². The van der Waals surface area contributed by atoms with E-state index < -0.39 is 22.7 Å². The van der Waals surface area contributed by atoms with Gasteiger partial charge in [-0.05, 0) is 48.7 Å². The number of thiocarbonyl (C=S) groups is 1. The van der Waals surface area contributed by atoms with Crippen LogP contribution in [-0.4, -0.2) is 37.2 Å². The van der Waals surface area contributed by atoms with Crippen LogP contribution in [0, 0.1) is 5.92 Å². The van der Waals surface area contributed by atoms with Crippen LogP contribution in [0.15, 0.2) is 29.2 Å². The second kappa shape index (κ2) is 8.74. The van der Waals surface area contributed by atoms with Gasteiger partial charge in [0, 0.05) is 12.6 Å². The van der Waals surface area contributed by atoms with Crippen molar-refractivity contribution in [3.63, 3.8) is 0 Å². The molecule has 27 heavy (non-hydrogen) atoms. The molecule has 0 radical (unpaired) electrons. The molecule has 1 fully saturated rings. The van der Waals surface area contributed by atoms with Crippen molar-refractivity contribution in [3.05, 3.63) is 29.8 Å². The van der Waals surface area contributed by atoms with Crippen LogP contribution in [0.25, 0.3) is 0 Å². The number of rotatable bonds is 5. The molecule has 2 atom stereocenters. The largest absolute Gasteiger partial charge is 0.406 e. The standard InChI is InChI=1S/C17H24F3N3O2S2/c1-12-4-2-3-5-15(12)22-16(26)23(11-17(18,19)20)10-13-6-8-14(9-7-13)27(21,24)25/h6-9,12,15H,2-5,10-11H2,1H3,(H,22,26)(H2,21,24,25)/t12-,15-/m0/s1. The van der Waals surface area contributed by atoms with E-state index in [0.717, 1.165) is 30.6 Å². The summed E-state index contributed by atoms with van der Waals surface area (Å²) in [7, 11) is -3.85. The number of nitrogens with two attached hydrogens (primary N) is 1. The van der Waals surface area contributed by atoms with E-state index in [1.54, 1.807) is 0 Å². The van der Waals surface area contributed by atoms with Gasteiger partial charge in [-0.1, -0.05) is 31.9 Å². The number of nitrogens with zero attached hydrogens (tertiary/aromatic N) is 1. The zero-order chi connectivity index (χ0) is 20.2. The lowest BCUT2D eigenvalue weighted by atomic mass is 9.86. The third-order valence-electron chi connectivity index (χ3n) is 4.70. The van der Waals surface area contributed by atoms with Crippen LogP contribution < -0.4 is 10.5 Å². The molecule has 0 saturated heterocycles. The minimum absolute atomic E-state index is 0.0570. The Balaban J connectivity index is 2.12. The normalized spacial score (nSPS) is 20.9. The van der Waals surface area contributed by atoms with Gasteiger partial charge < -0.3 is 10.2 Å². The fourth-order valence-corrected chi connectivity index (χ4v) is 4.00. The van der Waals surface area contributed by atoms with Crippen molar-refractivity contribution in [2.75, 3.05) is 6.54 Å². The molecule has 152 valence electrons. The van der Waals surface area contributed by atoms with Crippen LogP contribution in [0.3, 0.4) is 0 Å². The summed E-state index contributed by atoms with van der Waals surface area (Å²) in [5.41, 5.74) is 0.507. The number of halogens is 3. The minimum Gasteiger partial charge on any atom is -0.360 e. The second-order valence-electron chi connectivity index (χ2n) is 6.98. The third kappa shape index (κ3) is 6.93. The number of alkyl halides is 3. The first-order valence-electron chi connectivity index (χ1n) is 8.69. The van der Waals surface area contributed by atoms with Crippen LogP contribution >= 0.6 is 12.2 Å². The molecule has 0 bridgehead atoms. The van der Waals surface area contributed by atoms with Gasteiger partial charge in [0.05, 0.1) is 4.90 Å². The second-order valence-corrected chi connectivity index (χ2v) is 8.93. The molecular formula is C17H24F3N3O2S2. The molecule has 0 heterocycles. The predicted molar refractivity (Wildman–Crippen MR) is 101 cm³/mol. The number of hydrogen-bond donors (Lipinski definition) is 2. The number of sulfonamides is 1. The Kier molecular flexibility index (Phi) is 7.09. The van der Waals surface area contributed by atoms with Crippen molar-refractivity contribution < 1.29 is 21.6 Å². The van der Waals surface area contributed by atoms with E-state index >= 15 is 0 Å². The lowest BCUT2D eigenvalue weighted by molar-refractivity contribution is -0.138. The Labute approximate surface area is 163 Å². The van der Waals surface area contributed by atoms with Crippen molar-refractivity contribution in [1.82, 2.24) is 10.2 Å². The first-order valence-corrected chi connectivity index (χ1v) is 10.6. The Morgan fingerprint density at radius 1 is 1.26 bits per heavy atom. The molecule has 0 unspecified atom stereocenters. The van der Waals surface area contributed by atoms with Crippen LogP contribution in [0.4, 0.5) is 13.2 Å². The summed E-state index contributed by atoms with van der Waals surface area (Å²) in [6.07, 6.45) is -0.364. The Bertz CT molecular complexity index is 752. The monoisotopic (exact) mass is 423 g/mol. The highest BCUT2D eigenvalue weighted by Gasteiger charge is 2.33. The summed E-state index contributed by atoms with van der Waals surface area (Å²) in [6.45, 7) is 0.799. The number of nitrogens with one attached hydrogen (secondary N) is 1. The first-order chi connectivity index (χ1) is 12.5. The zero-order valence-electron chi connectivity index (χ0n) is 15.0. The quantitative estimate of drug-likeness (QED) is 0.712. The fraction of sp³-hybridized carbons (Fsp3) is 0.588. The van der Waals surface area contributed by atoms with Gasteiger partial charge in [-0.3, -0.25) is 0 Å².